The van der Waals surface area contributed by atoms with E-state index < -0.39 is 9.84 Å². The second kappa shape index (κ2) is 3.99. The summed E-state index contributed by atoms with van der Waals surface area (Å²) >= 11 is 0. The van der Waals surface area contributed by atoms with Crippen molar-refractivity contribution < 1.29 is 13.5 Å². The average molecular weight is 255 g/mol. The molecular weight excluding hydrogens is 238 g/mol. The lowest BCUT2D eigenvalue weighted by Gasteiger charge is -2.41. The van der Waals surface area contributed by atoms with Crippen molar-refractivity contribution in [1.82, 2.24) is 0 Å². The molecule has 1 saturated carbocycles. The summed E-state index contributed by atoms with van der Waals surface area (Å²) in [6.07, 6.45) is 4.22. The fourth-order valence-electron chi connectivity index (χ4n) is 2.38. The highest BCUT2D eigenvalue weighted by molar-refractivity contribution is 7.90. The molecule has 0 bridgehead atoms. The molecule has 3 N–H and O–H groups in total. The molecule has 17 heavy (non-hydrogen) atoms. The Balaban J connectivity index is 2.44. The van der Waals surface area contributed by atoms with E-state index in [-0.39, 0.29) is 16.1 Å². The third kappa shape index (κ3) is 2.05. The van der Waals surface area contributed by atoms with E-state index in [0.717, 1.165) is 31.1 Å². The van der Waals surface area contributed by atoms with Gasteiger partial charge in [0.05, 0.1) is 0 Å². The van der Waals surface area contributed by atoms with E-state index in [0.29, 0.717) is 6.54 Å². The number of aromatic hydroxyl groups is 1. The maximum atomic E-state index is 11.4. The second-order valence-corrected chi connectivity index (χ2v) is 6.78. The molecule has 0 aliphatic heterocycles. The second-order valence-electron chi connectivity index (χ2n) is 4.79. The first-order chi connectivity index (χ1) is 7.89. The van der Waals surface area contributed by atoms with Crippen LogP contribution in [0, 0.1) is 0 Å². The first-order valence-electron chi connectivity index (χ1n) is 5.63. The Morgan fingerprint density at radius 3 is 2.41 bits per heavy atom. The molecule has 1 aliphatic carbocycles. The molecule has 0 spiro atoms. The van der Waals surface area contributed by atoms with Gasteiger partial charge in [0.15, 0.2) is 9.84 Å². The predicted octanol–water partition coefficient (Wildman–Crippen LogP) is 1.18. The van der Waals surface area contributed by atoms with Gasteiger partial charge in [0, 0.05) is 18.2 Å². The van der Waals surface area contributed by atoms with Crippen LogP contribution in [0.1, 0.15) is 24.8 Å². The third-order valence-electron chi connectivity index (χ3n) is 3.67. The molecule has 0 atom stereocenters. The van der Waals surface area contributed by atoms with Gasteiger partial charge in [-0.25, -0.2) is 8.42 Å². The molecule has 1 aromatic carbocycles. The molecular formula is C12H17NO3S. The zero-order valence-electron chi connectivity index (χ0n) is 9.81. The van der Waals surface area contributed by atoms with Gasteiger partial charge in [0.1, 0.15) is 10.6 Å². The van der Waals surface area contributed by atoms with Crippen LogP contribution in [0.2, 0.25) is 0 Å². The van der Waals surface area contributed by atoms with Crippen molar-refractivity contribution in [2.24, 2.45) is 5.73 Å². The molecule has 5 heteroatoms. The molecule has 4 nitrogen and oxygen atoms in total. The van der Waals surface area contributed by atoms with Crippen molar-refractivity contribution >= 4 is 9.84 Å². The zero-order chi connectivity index (χ0) is 12.7. The summed E-state index contributed by atoms with van der Waals surface area (Å²) < 4.78 is 22.8. The van der Waals surface area contributed by atoms with Gasteiger partial charge in [-0.15, -0.1) is 0 Å². The van der Waals surface area contributed by atoms with Crippen molar-refractivity contribution in [1.29, 1.82) is 0 Å². The van der Waals surface area contributed by atoms with Gasteiger partial charge in [0.2, 0.25) is 0 Å². The lowest BCUT2D eigenvalue weighted by molar-refractivity contribution is 0.252. The van der Waals surface area contributed by atoms with Crippen LogP contribution in [0.25, 0.3) is 0 Å². The van der Waals surface area contributed by atoms with Crippen LogP contribution in [0.4, 0.5) is 0 Å². The SMILES string of the molecule is CS(=O)(=O)c1ccc(C2(CN)CCC2)cc1O. The minimum Gasteiger partial charge on any atom is -0.507 e. The molecule has 0 amide bonds. The number of rotatable bonds is 3. The van der Waals surface area contributed by atoms with Gasteiger partial charge < -0.3 is 10.8 Å². The normalized spacial score (nSPS) is 18.7. The maximum Gasteiger partial charge on any atom is 0.179 e. The highest BCUT2D eigenvalue weighted by atomic mass is 32.2. The third-order valence-corrected chi connectivity index (χ3v) is 4.82. The average Bonchev–Trinajstić information content (AvgIpc) is 2.14. The van der Waals surface area contributed by atoms with Crippen LogP contribution < -0.4 is 5.73 Å². The van der Waals surface area contributed by atoms with Gasteiger partial charge in [-0.1, -0.05) is 12.5 Å². The Kier molecular flexibility index (Phi) is 2.91. The van der Waals surface area contributed by atoms with E-state index in [1.807, 2.05) is 0 Å². The standard InChI is InChI=1S/C12H17NO3S/c1-17(15,16)11-4-3-9(7-10(11)14)12(8-13)5-2-6-12/h3-4,7,14H,2,5-6,8,13H2,1H3. The Morgan fingerprint density at radius 1 is 1.41 bits per heavy atom. The van der Waals surface area contributed by atoms with Crippen LogP contribution in [-0.4, -0.2) is 26.3 Å². The summed E-state index contributed by atoms with van der Waals surface area (Å²) in [6.45, 7) is 0.532. The van der Waals surface area contributed by atoms with E-state index in [1.54, 1.807) is 12.1 Å². The Morgan fingerprint density at radius 2 is 2.06 bits per heavy atom. The van der Waals surface area contributed by atoms with Crippen molar-refractivity contribution in [3.8, 4) is 5.75 Å². The van der Waals surface area contributed by atoms with Crippen molar-refractivity contribution in [3.63, 3.8) is 0 Å². The molecule has 1 aromatic rings. The molecule has 0 aromatic heterocycles. The molecule has 0 heterocycles. The summed E-state index contributed by atoms with van der Waals surface area (Å²) in [4.78, 5) is -0.0206. The van der Waals surface area contributed by atoms with E-state index in [1.165, 1.54) is 6.07 Å². The molecule has 0 saturated heterocycles. The summed E-state index contributed by atoms with van der Waals surface area (Å²) in [7, 11) is -3.37. The molecule has 0 unspecified atom stereocenters. The quantitative estimate of drug-likeness (QED) is 0.849. The van der Waals surface area contributed by atoms with Crippen LogP contribution in [-0.2, 0) is 15.3 Å². The molecule has 1 fully saturated rings. The van der Waals surface area contributed by atoms with Crippen molar-refractivity contribution in [2.45, 2.75) is 29.6 Å². The Hall–Kier alpha value is -1.07. The Bertz CT molecular complexity index is 527. The van der Waals surface area contributed by atoms with Gasteiger partial charge in [-0.2, -0.15) is 0 Å². The molecule has 0 radical (unpaired) electrons. The minimum absolute atomic E-state index is 0.0206. The van der Waals surface area contributed by atoms with Crippen LogP contribution in [0.15, 0.2) is 23.1 Å². The van der Waals surface area contributed by atoms with E-state index in [2.05, 4.69) is 0 Å². The molecule has 1 aliphatic rings. The summed E-state index contributed by atoms with van der Waals surface area (Å²) in [5.74, 6) is -0.176. The summed E-state index contributed by atoms with van der Waals surface area (Å²) in [5, 5.41) is 9.79. The van der Waals surface area contributed by atoms with Crippen LogP contribution in [0.5, 0.6) is 5.75 Å². The molecule has 2 rings (SSSR count). The predicted molar refractivity (Wildman–Crippen MR) is 65.8 cm³/mol. The smallest absolute Gasteiger partial charge is 0.179 e. The number of benzene rings is 1. The zero-order valence-corrected chi connectivity index (χ0v) is 10.6. The van der Waals surface area contributed by atoms with E-state index in [4.69, 9.17) is 5.73 Å². The number of hydrogen-bond acceptors (Lipinski definition) is 4. The highest BCUT2D eigenvalue weighted by Crippen LogP contribution is 2.44. The van der Waals surface area contributed by atoms with Crippen LogP contribution in [0.3, 0.4) is 0 Å². The minimum atomic E-state index is -3.37. The number of phenolic OH excluding ortho intramolecular Hbond substituents is 1. The van der Waals surface area contributed by atoms with E-state index >= 15 is 0 Å². The van der Waals surface area contributed by atoms with Gasteiger partial charge in [-0.3, -0.25) is 0 Å². The first-order valence-corrected chi connectivity index (χ1v) is 7.52. The van der Waals surface area contributed by atoms with Crippen LogP contribution >= 0.6 is 0 Å². The number of nitrogens with two attached hydrogens (primary N) is 1. The topological polar surface area (TPSA) is 80.4 Å². The Labute approximate surface area is 101 Å². The monoisotopic (exact) mass is 255 g/mol. The lowest BCUT2D eigenvalue weighted by atomic mass is 9.64. The maximum absolute atomic E-state index is 11.4. The van der Waals surface area contributed by atoms with Crippen molar-refractivity contribution in [2.75, 3.05) is 12.8 Å². The van der Waals surface area contributed by atoms with Gasteiger partial charge in [-0.05, 0) is 30.5 Å². The fourth-order valence-corrected chi connectivity index (χ4v) is 3.13. The fraction of sp³-hybridized carbons (Fsp3) is 0.500. The summed E-state index contributed by atoms with van der Waals surface area (Å²) in [5.41, 5.74) is 6.65. The van der Waals surface area contributed by atoms with Gasteiger partial charge >= 0.3 is 0 Å². The van der Waals surface area contributed by atoms with Crippen molar-refractivity contribution in [3.05, 3.63) is 23.8 Å². The lowest BCUT2D eigenvalue weighted by Crippen LogP contribution is -2.41. The van der Waals surface area contributed by atoms with E-state index in [9.17, 15) is 13.5 Å². The number of phenols is 1. The molecule has 94 valence electrons. The largest absolute Gasteiger partial charge is 0.507 e. The summed E-state index contributed by atoms with van der Waals surface area (Å²) in [6, 6.07) is 4.78. The van der Waals surface area contributed by atoms with Gasteiger partial charge in [0.25, 0.3) is 0 Å². The number of hydrogen-bond donors (Lipinski definition) is 2. The first kappa shape index (κ1) is 12.4. The number of sulfone groups is 1. The highest BCUT2D eigenvalue weighted by Gasteiger charge is 2.37.